The Kier molecular flexibility index (Phi) is 4.05. The number of nitrogens with one attached hydrogen (secondary N) is 1. The van der Waals surface area contributed by atoms with Crippen LogP contribution in [-0.4, -0.2) is 21.9 Å². The first-order chi connectivity index (χ1) is 13.8. The highest BCUT2D eigenvalue weighted by Crippen LogP contribution is 2.28. The summed E-state index contributed by atoms with van der Waals surface area (Å²) >= 11 is 0. The second-order valence-corrected chi connectivity index (χ2v) is 6.98. The van der Waals surface area contributed by atoms with E-state index in [1.807, 2.05) is 83.5 Å². The fourth-order valence-corrected chi connectivity index (χ4v) is 3.54. The van der Waals surface area contributed by atoms with Crippen LogP contribution in [0.25, 0.3) is 16.9 Å². The van der Waals surface area contributed by atoms with Crippen molar-refractivity contribution >= 4 is 17.2 Å². The van der Waals surface area contributed by atoms with Gasteiger partial charge in [0.1, 0.15) is 18.0 Å². The van der Waals surface area contributed by atoms with Gasteiger partial charge in [-0.1, -0.05) is 36.4 Å². The quantitative estimate of drug-likeness (QED) is 0.589. The minimum absolute atomic E-state index is 0.0185. The van der Waals surface area contributed by atoms with E-state index >= 15 is 0 Å². The van der Waals surface area contributed by atoms with E-state index in [-0.39, 0.29) is 11.8 Å². The molecule has 3 heterocycles. The fraction of sp³-hybridized carbons (Fsp3) is 0.130. The molecule has 0 saturated carbocycles. The summed E-state index contributed by atoms with van der Waals surface area (Å²) in [7, 11) is 0. The number of carbonyl (C=O) groups excluding carboxylic acids is 1. The number of hydrogen-bond donors (Lipinski definition) is 1. The number of fused-ring (bicyclic) bond motifs is 2. The van der Waals surface area contributed by atoms with Gasteiger partial charge in [0.05, 0.1) is 11.6 Å². The van der Waals surface area contributed by atoms with E-state index in [4.69, 9.17) is 4.74 Å². The summed E-state index contributed by atoms with van der Waals surface area (Å²) in [6.07, 6.45) is 4.67. The highest BCUT2D eigenvalue weighted by atomic mass is 16.5. The number of anilines is 1. The number of rotatable bonds is 3. The van der Waals surface area contributed by atoms with Crippen LogP contribution in [0.3, 0.4) is 0 Å². The maximum atomic E-state index is 12.6. The van der Waals surface area contributed by atoms with E-state index in [0.717, 1.165) is 33.9 Å². The Bertz CT molecular complexity index is 1110. The normalized spacial score (nSPS) is 15.6. The van der Waals surface area contributed by atoms with Crippen molar-refractivity contribution in [3.8, 4) is 17.0 Å². The molecular formula is C23H19N3O2. The molecule has 0 bridgehead atoms. The van der Waals surface area contributed by atoms with Crippen molar-refractivity contribution in [2.45, 2.75) is 6.42 Å². The van der Waals surface area contributed by atoms with Gasteiger partial charge in [0.15, 0.2) is 0 Å². The van der Waals surface area contributed by atoms with Crippen molar-refractivity contribution < 1.29 is 9.53 Å². The second kappa shape index (κ2) is 6.85. The van der Waals surface area contributed by atoms with Gasteiger partial charge < -0.3 is 14.5 Å². The first kappa shape index (κ1) is 16.6. The van der Waals surface area contributed by atoms with Crippen LogP contribution in [0.2, 0.25) is 0 Å². The van der Waals surface area contributed by atoms with E-state index in [0.29, 0.717) is 13.0 Å². The molecule has 0 fully saturated rings. The number of imidazole rings is 1. The van der Waals surface area contributed by atoms with Crippen molar-refractivity contribution in [2.24, 2.45) is 5.92 Å². The molecule has 1 atom stereocenters. The Hall–Kier alpha value is -3.60. The summed E-state index contributed by atoms with van der Waals surface area (Å²) in [6.45, 7) is 0.405. The number of hydrogen-bond acceptors (Lipinski definition) is 3. The van der Waals surface area contributed by atoms with Crippen LogP contribution in [0.1, 0.15) is 5.56 Å². The molecular weight excluding hydrogens is 350 g/mol. The molecule has 4 aromatic rings. The summed E-state index contributed by atoms with van der Waals surface area (Å²) in [5.41, 5.74) is 4.68. The number of aromatic nitrogens is 2. The highest BCUT2D eigenvalue weighted by molar-refractivity contribution is 5.93. The Balaban J connectivity index is 1.29. The monoisotopic (exact) mass is 369 g/mol. The molecule has 0 spiro atoms. The number of ether oxygens (including phenoxy) is 1. The number of benzene rings is 2. The molecule has 138 valence electrons. The number of para-hydroxylation sites is 1. The number of amides is 1. The van der Waals surface area contributed by atoms with Crippen LogP contribution in [-0.2, 0) is 11.2 Å². The zero-order valence-corrected chi connectivity index (χ0v) is 15.2. The molecule has 1 aliphatic heterocycles. The topological polar surface area (TPSA) is 55.6 Å². The highest BCUT2D eigenvalue weighted by Gasteiger charge is 2.25. The third kappa shape index (κ3) is 3.11. The van der Waals surface area contributed by atoms with Crippen LogP contribution < -0.4 is 10.1 Å². The Morgan fingerprint density at radius 2 is 1.86 bits per heavy atom. The predicted octanol–water partition coefficient (Wildman–Crippen LogP) is 4.19. The fourth-order valence-electron chi connectivity index (χ4n) is 3.54. The summed E-state index contributed by atoms with van der Waals surface area (Å²) in [5.74, 6) is 0.673. The second-order valence-electron chi connectivity index (χ2n) is 6.98. The van der Waals surface area contributed by atoms with Crippen molar-refractivity contribution in [1.82, 2.24) is 9.38 Å². The molecule has 1 N–H and O–H groups in total. The molecule has 2 aromatic heterocycles. The smallest absolute Gasteiger partial charge is 0.231 e. The van der Waals surface area contributed by atoms with Crippen LogP contribution >= 0.6 is 0 Å². The van der Waals surface area contributed by atoms with Crippen molar-refractivity contribution in [2.75, 3.05) is 11.9 Å². The Morgan fingerprint density at radius 1 is 1.04 bits per heavy atom. The molecule has 5 heteroatoms. The molecule has 0 radical (unpaired) electrons. The third-order valence-electron chi connectivity index (χ3n) is 5.06. The number of pyridine rings is 1. The lowest BCUT2D eigenvalue weighted by Crippen LogP contribution is -2.32. The van der Waals surface area contributed by atoms with E-state index in [1.165, 1.54) is 0 Å². The molecule has 2 aromatic carbocycles. The van der Waals surface area contributed by atoms with Crippen LogP contribution in [0.15, 0.2) is 79.1 Å². The molecule has 1 amide bonds. The molecule has 5 rings (SSSR count). The van der Waals surface area contributed by atoms with Crippen molar-refractivity contribution in [3.05, 3.63) is 84.7 Å². The lowest BCUT2D eigenvalue weighted by atomic mass is 9.96. The van der Waals surface area contributed by atoms with Crippen LogP contribution in [0.4, 0.5) is 5.69 Å². The minimum Gasteiger partial charge on any atom is -0.492 e. The molecule has 28 heavy (non-hydrogen) atoms. The van der Waals surface area contributed by atoms with Gasteiger partial charge in [-0.2, -0.15) is 0 Å². The van der Waals surface area contributed by atoms with Gasteiger partial charge in [-0.25, -0.2) is 4.98 Å². The lowest BCUT2D eigenvalue weighted by Gasteiger charge is -2.24. The van der Waals surface area contributed by atoms with Gasteiger partial charge in [0, 0.05) is 23.6 Å². The summed E-state index contributed by atoms with van der Waals surface area (Å²) in [6, 6.07) is 21.6. The molecule has 0 saturated heterocycles. The lowest BCUT2D eigenvalue weighted by molar-refractivity contribution is -0.121. The van der Waals surface area contributed by atoms with Gasteiger partial charge in [-0.3, -0.25) is 4.79 Å². The zero-order chi connectivity index (χ0) is 18.9. The Morgan fingerprint density at radius 3 is 2.71 bits per heavy atom. The average molecular weight is 369 g/mol. The largest absolute Gasteiger partial charge is 0.492 e. The molecule has 1 aliphatic rings. The Labute approximate surface area is 162 Å². The predicted molar refractivity (Wildman–Crippen MR) is 108 cm³/mol. The van der Waals surface area contributed by atoms with Gasteiger partial charge in [0.2, 0.25) is 5.91 Å². The van der Waals surface area contributed by atoms with E-state index in [2.05, 4.69) is 10.3 Å². The van der Waals surface area contributed by atoms with E-state index in [1.54, 1.807) is 0 Å². The first-order valence-corrected chi connectivity index (χ1v) is 9.32. The van der Waals surface area contributed by atoms with E-state index < -0.39 is 0 Å². The molecule has 5 nitrogen and oxygen atoms in total. The SMILES string of the molecule is O=C(Nc1ccc(-c2cn3ccccc3n2)cc1)C1COc2ccccc2C1. The standard InChI is InChI=1S/C23H19N3O2/c27-23(18-13-17-5-1-2-6-21(17)28-15-18)24-19-10-8-16(9-11-19)20-14-26-12-4-3-7-22(26)25-20/h1-12,14,18H,13,15H2,(H,24,27). The summed E-state index contributed by atoms with van der Waals surface area (Å²) in [4.78, 5) is 17.3. The van der Waals surface area contributed by atoms with Crippen LogP contribution in [0, 0.1) is 5.92 Å². The van der Waals surface area contributed by atoms with Crippen LogP contribution in [0.5, 0.6) is 5.75 Å². The zero-order valence-electron chi connectivity index (χ0n) is 15.2. The maximum Gasteiger partial charge on any atom is 0.231 e. The first-order valence-electron chi connectivity index (χ1n) is 9.32. The van der Waals surface area contributed by atoms with E-state index in [9.17, 15) is 4.79 Å². The minimum atomic E-state index is -0.187. The summed E-state index contributed by atoms with van der Waals surface area (Å²) in [5, 5.41) is 3.00. The summed E-state index contributed by atoms with van der Waals surface area (Å²) < 4.78 is 7.72. The van der Waals surface area contributed by atoms with Crippen molar-refractivity contribution in [1.29, 1.82) is 0 Å². The molecule has 1 unspecified atom stereocenters. The average Bonchev–Trinajstić information content (AvgIpc) is 3.18. The third-order valence-corrected chi connectivity index (χ3v) is 5.06. The number of carbonyl (C=O) groups is 1. The maximum absolute atomic E-state index is 12.6. The van der Waals surface area contributed by atoms with Gasteiger partial charge >= 0.3 is 0 Å². The van der Waals surface area contributed by atoms with Gasteiger partial charge in [-0.15, -0.1) is 0 Å². The number of nitrogens with zero attached hydrogens (tertiary/aromatic N) is 2. The van der Waals surface area contributed by atoms with Crippen molar-refractivity contribution in [3.63, 3.8) is 0 Å². The van der Waals surface area contributed by atoms with Gasteiger partial charge in [-0.05, 0) is 42.3 Å². The molecule has 0 aliphatic carbocycles. The van der Waals surface area contributed by atoms with Gasteiger partial charge in [0.25, 0.3) is 0 Å².